The lowest BCUT2D eigenvalue weighted by atomic mass is 10.2. The van der Waals surface area contributed by atoms with E-state index in [0.717, 1.165) is 6.07 Å². The van der Waals surface area contributed by atoms with Gasteiger partial charge >= 0.3 is 0 Å². The van der Waals surface area contributed by atoms with Crippen LogP contribution in [0.25, 0.3) is 0 Å². The standard InChI is InChI=1S/C11H15FN2O3S/c1-14(8-6-13-7-8)18(15,16)9-3-4-11(17-2)10(12)5-9/h3-5,8,13H,6-7H2,1-2H3. The fourth-order valence-corrected chi connectivity index (χ4v) is 3.07. The summed E-state index contributed by atoms with van der Waals surface area (Å²) in [7, 11) is -0.814. The highest BCUT2D eigenvalue weighted by atomic mass is 32.2. The van der Waals surface area contributed by atoms with Gasteiger partial charge in [-0.3, -0.25) is 0 Å². The van der Waals surface area contributed by atoms with E-state index in [4.69, 9.17) is 4.74 Å². The summed E-state index contributed by atoms with van der Waals surface area (Å²) in [5.74, 6) is -0.652. The summed E-state index contributed by atoms with van der Waals surface area (Å²) in [5, 5.41) is 3.00. The monoisotopic (exact) mass is 274 g/mol. The van der Waals surface area contributed by atoms with Crippen LogP contribution in [-0.4, -0.2) is 46.0 Å². The van der Waals surface area contributed by atoms with Crippen LogP contribution in [0.5, 0.6) is 5.75 Å². The molecule has 0 atom stereocenters. The molecule has 1 fully saturated rings. The Balaban J connectivity index is 2.31. The van der Waals surface area contributed by atoms with Crippen LogP contribution in [0, 0.1) is 5.82 Å². The molecule has 0 saturated carbocycles. The maximum absolute atomic E-state index is 13.5. The van der Waals surface area contributed by atoms with Crippen molar-refractivity contribution in [3.63, 3.8) is 0 Å². The first-order chi connectivity index (χ1) is 8.46. The number of hydrogen-bond acceptors (Lipinski definition) is 4. The molecule has 7 heteroatoms. The molecule has 1 heterocycles. The Kier molecular flexibility index (Phi) is 3.56. The summed E-state index contributed by atoms with van der Waals surface area (Å²) in [6.07, 6.45) is 0. The second-order valence-corrected chi connectivity index (χ2v) is 6.13. The third kappa shape index (κ3) is 2.21. The van der Waals surface area contributed by atoms with E-state index in [1.807, 2.05) is 0 Å². The number of hydrogen-bond donors (Lipinski definition) is 1. The van der Waals surface area contributed by atoms with Crippen molar-refractivity contribution in [1.82, 2.24) is 9.62 Å². The van der Waals surface area contributed by atoms with Gasteiger partial charge in [-0.25, -0.2) is 12.8 Å². The molecule has 0 unspecified atom stereocenters. The maximum atomic E-state index is 13.5. The molecule has 0 aliphatic carbocycles. The zero-order valence-electron chi connectivity index (χ0n) is 10.2. The van der Waals surface area contributed by atoms with Crippen molar-refractivity contribution in [1.29, 1.82) is 0 Å². The summed E-state index contributed by atoms with van der Waals surface area (Å²) < 4.78 is 44.0. The molecule has 1 aliphatic heterocycles. The molecule has 2 rings (SSSR count). The van der Waals surface area contributed by atoms with Gasteiger partial charge in [-0.2, -0.15) is 4.31 Å². The minimum absolute atomic E-state index is 0.0295. The zero-order valence-corrected chi connectivity index (χ0v) is 11.0. The van der Waals surface area contributed by atoms with Gasteiger partial charge in [0, 0.05) is 26.2 Å². The zero-order chi connectivity index (χ0) is 13.3. The summed E-state index contributed by atoms with van der Waals surface area (Å²) >= 11 is 0. The molecule has 0 spiro atoms. The van der Waals surface area contributed by atoms with E-state index in [1.54, 1.807) is 0 Å². The lowest BCUT2D eigenvalue weighted by Crippen LogP contribution is -2.57. The molecular formula is C11H15FN2O3S. The molecule has 1 saturated heterocycles. The first-order valence-electron chi connectivity index (χ1n) is 5.49. The average molecular weight is 274 g/mol. The number of nitrogens with one attached hydrogen (secondary N) is 1. The first kappa shape index (κ1) is 13.3. The fourth-order valence-electron chi connectivity index (χ4n) is 1.70. The van der Waals surface area contributed by atoms with Crippen molar-refractivity contribution >= 4 is 10.0 Å². The quantitative estimate of drug-likeness (QED) is 0.865. The fraction of sp³-hybridized carbons (Fsp3) is 0.455. The predicted molar refractivity (Wildman–Crippen MR) is 64.6 cm³/mol. The van der Waals surface area contributed by atoms with Gasteiger partial charge in [0.15, 0.2) is 11.6 Å². The van der Waals surface area contributed by atoms with Crippen LogP contribution < -0.4 is 10.1 Å². The van der Waals surface area contributed by atoms with Crippen molar-refractivity contribution in [2.24, 2.45) is 0 Å². The molecule has 0 aromatic heterocycles. The SMILES string of the molecule is COc1ccc(S(=O)(=O)N(C)C2CNC2)cc1F. The highest BCUT2D eigenvalue weighted by Gasteiger charge is 2.32. The van der Waals surface area contributed by atoms with Crippen molar-refractivity contribution in [3.05, 3.63) is 24.0 Å². The third-order valence-corrected chi connectivity index (χ3v) is 4.98. The largest absolute Gasteiger partial charge is 0.494 e. The van der Waals surface area contributed by atoms with Gasteiger partial charge in [-0.1, -0.05) is 0 Å². The maximum Gasteiger partial charge on any atom is 0.243 e. The first-order valence-corrected chi connectivity index (χ1v) is 6.93. The van der Waals surface area contributed by atoms with Gasteiger partial charge < -0.3 is 10.1 Å². The van der Waals surface area contributed by atoms with E-state index in [-0.39, 0.29) is 16.7 Å². The number of likely N-dealkylation sites (N-methyl/N-ethyl adjacent to an activating group) is 1. The summed E-state index contributed by atoms with van der Waals surface area (Å²) in [4.78, 5) is -0.0600. The van der Waals surface area contributed by atoms with Gasteiger partial charge in [0.25, 0.3) is 0 Å². The van der Waals surface area contributed by atoms with Crippen LogP contribution in [0.15, 0.2) is 23.1 Å². The molecule has 0 bridgehead atoms. The van der Waals surface area contributed by atoms with Crippen molar-refractivity contribution in [3.8, 4) is 5.75 Å². The summed E-state index contributed by atoms with van der Waals surface area (Å²) in [6, 6.07) is 3.58. The molecule has 1 N–H and O–H groups in total. The van der Waals surface area contributed by atoms with E-state index < -0.39 is 15.8 Å². The Morgan fingerprint density at radius 2 is 2.11 bits per heavy atom. The normalized spacial score (nSPS) is 16.7. The molecule has 5 nitrogen and oxygen atoms in total. The lowest BCUT2D eigenvalue weighted by molar-refractivity contribution is 0.274. The molecule has 100 valence electrons. The van der Waals surface area contributed by atoms with Crippen LogP contribution in [0.2, 0.25) is 0 Å². The van der Waals surface area contributed by atoms with E-state index in [1.165, 1.54) is 30.6 Å². The number of benzene rings is 1. The van der Waals surface area contributed by atoms with E-state index in [9.17, 15) is 12.8 Å². The highest BCUT2D eigenvalue weighted by molar-refractivity contribution is 7.89. The van der Waals surface area contributed by atoms with Crippen LogP contribution >= 0.6 is 0 Å². The molecule has 0 amide bonds. The molecule has 1 aromatic rings. The third-order valence-electron chi connectivity index (χ3n) is 3.07. The van der Waals surface area contributed by atoms with Gasteiger partial charge in [-0.05, 0) is 18.2 Å². The number of nitrogens with zero attached hydrogens (tertiary/aromatic N) is 1. The predicted octanol–water partition coefficient (Wildman–Crippen LogP) is 0.427. The highest BCUT2D eigenvalue weighted by Crippen LogP contribution is 2.23. The molecule has 1 aliphatic rings. The van der Waals surface area contributed by atoms with Gasteiger partial charge in [0.05, 0.1) is 12.0 Å². The number of sulfonamides is 1. The van der Waals surface area contributed by atoms with E-state index in [0.29, 0.717) is 13.1 Å². The second kappa shape index (κ2) is 4.83. The van der Waals surface area contributed by atoms with Crippen molar-refractivity contribution < 1.29 is 17.5 Å². The number of methoxy groups -OCH3 is 1. The minimum Gasteiger partial charge on any atom is -0.494 e. The Bertz CT molecular complexity index is 543. The average Bonchev–Trinajstić information content (AvgIpc) is 2.26. The van der Waals surface area contributed by atoms with Gasteiger partial charge in [0.1, 0.15) is 0 Å². The van der Waals surface area contributed by atoms with E-state index >= 15 is 0 Å². The Morgan fingerprint density at radius 1 is 1.44 bits per heavy atom. The van der Waals surface area contributed by atoms with Crippen LogP contribution in [0.3, 0.4) is 0 Å². The second-order valence-electron chi connectivity index (χ2n) is 4.13. The molecule has 0 radical (unpaired) electrons. The smallest absolute Gasteiger partial charge is 0.243 e. The number of ether oxygens (including phenoxy) is 1. The minimum atomic E-state index is -3.65. The van der Waals surface area contributed by atoms with Crippen molar-refractivity contribution in [2.45, 2.75) is 10.9 Å². The summed E-state index contributed by atoms with van der Waals surface area (Å²) in [5.41, 5.74) is 0. The Labute approximate surface area is 106 Å². The Morgan fingerprint density at radius 3 is 2.56 bits per heavy atom. The van der Waals surface area contributed by atoms with Crippen LogP contribution in [0.4, 0.5) is 4.39 Å². The summed E-state index contributed by atoms with van der Waals surface area (Å²) in [6.45, 7) is 1.24. The van der Waals surface area contributed by atoms with Gasteiger partial charge in [0.2, 0.25) is 10.0 Å². The molecule has 18 heavy (non-hydrogen) atoms. The topological polar surface area (TPSA) is 58.6 Å². The lowest BCUT2D eigenvalue weighted by Gasteiger charge is -2.34. The van der Waals surface area contributed by atoms with Gasteiger partial charge in [-0.15, -0.1) is 0 Å². The van der Waals surface area contributed by atoms with Crippen LogP contribution in [0.1, 0.15) is 0 Å². The molecular weight excluding hydrogens is 259 g/mol. The number of halogens is 1. The van der Waals surface area contributed by atoms with E-state index in [2.05, 4.69) is 5.32 Å². The Hall–Kier alpha value is -1.18. The van der Waals surface area contributed by atoms with Crippen molar-refractivity contribution in [2.75, 3.05) is 27.2 Å². The molecule has 1 aromatic carbocycles. The van der Waals surface area contributed by atoms with Crippen LogP contribution in [-0.2, 0) is 10.0 Å². The number of rotatable bonds is 4.